The van der Waals surface area contributed by atoms with Gasteiger partial charge in [-0.3, -0.25) is 9.69 Å². The van der Waals surface area contributed by atoms with Gasteiger partial charge in [0.1, 0.15) is 5.38 Å². The Hall–Kier alpha value is -0.360. The van der Waals surface area contributed by atoms with Gasteiger partial charge in [0.15, 0.2) is 0 Å². The lowest BCUT2D eigenvalue weighted by molar-refractivity contribution is -0.140. The number of carbonyl (C=O) groups is 1. The Kier molecular flexibility index (Phi) is 6.71. The molecule has 0 saturated carbocycles. The predicted octanol–water partition coefficient (Wildman–Crippen LogP) is -0.311. The predicted molar refractivity (Wildman–Crippen MR) is 61.8 cm³/mol. The number of hydrogen-bond acceptors (Lipinski definition) is 5. The van der Waals surface area contributed by atoms with Gasteiger partial charge in [0, 0.05) is 32.7 Å². The van der Waals surface area contributed by atoms with E-state index < -0.39 is 5.38 Å². The summed E-state index contributed by atoms with van der Waals surface area (Å²) in [4.78, 5) is 13.3. The minimum absolute atomic E-state index is 0.388. The fourth-order valence-corrected chi connectivity index (χ4v) is 1.70. The molecule has 0 aliphatic carbocycles. The molecule has 94 valence electrons. The third-order valence-electron chi connectivity index (χ3n) is 2.49. The lowest BCUT2D eigenvalue weighted by Crippen LogP contribution is -2.41. The molecule has 0 radical (unpaired) electrons. The van der Waals surface area contributed by atoms with Gasteiger partial charge in [-0.25, -0.2) is 0 Å². The second-order valence-electron chi connectivity index (χ2n) is 3.65. The number of esters is 1. The summed E-state index contributed by atoms with van der Waals surface area (Å²) in [6, 6.07) is 0. The van der Waals surface area contributed by atoms with Crippen LogP contribution in [0.1, 0.15) is 0 Å². The molecule has 1 aliphatic rings. The highest BCUT2D eigenvalue weighted by Gasteiger charge is 2.15. The lowest BCUT2D eigenvalue weighted by Gasteiger charge is -2.26. The fourth-order valence-electron chi connectivity index (χ4n) is 1.50. The molecule has 1 unspecified atom stereocenters. The van der Waals surface area contributed by atoms with E-state index in [0.29, 0.717) is 6.54 Å². The van der Waals surface area contributed by atoms with Crippen LogP contribution in [0.3, 0.4) is 0 Å². The number of alkyl halides is 1. The molecule has 1 atom stereocenters. The maximum Gasteiger partial charge on any atom is 0.325 e. The Morgan fingerprint density at radius 1 is 1.56 bits per heavy atom. The van der Waals surface area contributed by atoms with E-state index >= 15 is 0 Å². The van der Waals surface area contributed by atoms with E-state index in [0.717, 1.165) is 39.4 Å². The van der Waals surface area contributed by atoms with E-state index in [1.165, 1.54) is 7.11 Å². The van der Waals surface area contributed by atoms with Gasteiger partial charge in [-0.1, -0.05) is 0 Å². The Balaban J connectivity index is 2.00. The van der Waals surface area contributed by atoms with Crippen LogP contribution in [0.25, 0.3) is 0 Å². The molecule has 0 bridgehead atoms. The van der Waals surface area contributed by atoms with Gasteiger partial charge < -0.3 is 14.8 Å². The number of nitrogens with one attached hydrogen (secondary N) is 1. The van der Waals surface area contributed by atoms with Gasteiger partial charge in [-0.2, -0.15) is 0 Å². The van der Waals surface area contributed by atoms with Crippen LogP contribution >= 0.6 is 11.6 Å². The number of morpholine rings is 1. The zero-order valence-electron chi connectivity index (χ0n) is 9.58. The molecule has 0 aromatic heterocycles. The first-order chi connectivity index (χ1) is 7.74. The molecule has 1 heterocycles. The van der Waals surface area contributed by atoms with Crippen molar-refractivity contribution in [2.45, 2.75) is 5.38 Å². The number of hydrogen-bond donors (Lipinski definition) is 1. The lowest BCUT2D eigenvalue weighted by atomic mass is 10.4. The number of rotatable bonds is 6. The highest BCUT2D eigenvalue weighted by atomic mass is 35.5. The smallest absolute Gasteiger partial charge is 0.325 e. The zero-order valence-corrected chi connectivity index (χ0v) is 10.3. The van der Waals surface area contributed by atoms with E-state index in [-0.39, 0.29) is 5.97 Å². The molecule has 1 aliphatic heterocycles. The second kappa shape index (κ2) is 7.84. The SMILES string of the molecule is COC(=O)C(Cl)CNCCN1CCOCC1. The average molecular weight is 251 g/mol. The molecule has 5 nitrogen and oxygen atoms in total. The summed E-state index contributed by atoms with van der Waals surface area (Å²) in [5.41, 5.74) is 0. The normalized spacial score (nSPS) is 19.4. The van der Waals surface area contributed by atoms with Gasteiger partial charge >= 0.3 is 5.97 Å². The highest BCUT2D eigenvalue weighted by Crippen LogP contribution is 1.97. The van der Waals surface area contributed by atoms with Crippen molar-refractivity contribution in [3.8, 4) is 0 Å². The standard InChI is InChI=1S/C10H19ClN2O3/c1-15-10(14)9(11)8-12-2-3-13-4-6-16-7-5-13/h9,12H,2-8H2,1H3. The molecule has 0 aromatic rings. The van der Waals surface area contributed by atoms with Crippen molar-refractivity contribution in [3.05, 3.63) is 0 Å². The van der Waals surface area contributed by atoms with Crippen LogP contribution in [0.5, 0.6) is 0 Å². The molecule has 0 amide bonds. The number of carbonyl (C=O) groups excluding carboxylic acids is 1. The van der Waals surface area contributed by atoms with Crippen molar-refractivity contribution in [1.29, 1.82) is 0 Å². The first-order valence-corrected chi connectivity index (χ1v) is 5.90. The Morgan fingerprint density at radius 3 is 2.88 bits per heavy atom. The van der Waals surface area contributed by atoms with Crippen LogP contribution in [-0.4, -0.2) is 69.3 Å². The van der Waals surface area contributed by atoms with Gasteiger partial charge in [0.05, 0.1) is 20.3 Å². The number of halogens is 1. The van der Waals surface area contributed by atoms with E-state index in [2.05, 4.69) is 15.0 Å². The Labute approximate surface area is 101 Å². The third kappa shape index (κ3) is 5.12. The minimum Gasteiger partial charge on any atom is -0.468 e. The van der Waals surface area contributed by atoms with E-state index in [4.69, 9.17) is 16.3 Å². The Morgan fingerprint density at radius 2 is 2.25 bits per heavy atom. The summed E-state index contributed by atoms with van der Waals surface area (Å²) in [5, 5.41) is 2.53. The van der Waals surface area contributed by atoms with E-state index in [9.17, 15) is 4.79 Å². The van der Waals surface area contributed by atoms with Gasteiger partial charge in [-0.15, -0.1) is 11.6 Å². The molecule has 6 heteroatoms. The summed E-state index contributed by atoms with van der Waals surface area (Å²) in [6.07, 6.45) is 0. The van der Waals surface area contributed by atoms with Crippen LogP contribution in [-0.2, 0) is 14.3 Å². The highest BCUT2D eigenvalue weighted by molar-refractivity contribution is 6.30. The average Bonchev–Trinajstić information content (AvgIpc) is 2.34. The molecule has 0 spiro atoms. The van der Waals surface area contributed by atoms with Crippen LogP contribution in [0.2, 0.25) is 0 Å². The minimum atomic E-state index is -0.602. The first kappa shape index (κ1) is 13.7. The van der Waals surface area contributed by atoms with Crippen molar-refractivity contribution in [2.75, 3.05) is 53.0 Å². The monoisotopic (exact) mass is 250 g/mol. The molecular weight excluding hydrogens is 232 g/mol. The summed E-state index contributed by atoms with van der Waals surface area (Å²) >= 11 is 5.78. The molecular formula is C10H19ClN2O3. The quantitative estimate of drug-likeness (QED) is 0.398. The van der Waals surface area contributed by atoms with E-state index in [1.807, 2.05) is 0 Å². The Bertz CT molecular complexity index is 210. The summed E-state index contributed by atoms with van der Waals surface area (Å²) in [7, 11) is 1.34. The topological polar surface area (TPSA) is 50.8 Å². The van der Waals surface area contributed by atoms with Crippen LogP contribution in [0.4, 0.5) is 0 Å². The summed E-state index contributed by atoms with van der Waals surface area (Å²) in [5.74, 6) is -0.388. The number of nitrogens with zero attached hydrogens (tertiary/aromatic N) is 1. The fraction of sp³-hybridized carbons (Fsp3) is 0.900. The van der Waals surface area contributed by atoms with Crippen molar-refractivity contribution < 1.29 is 14.3 Å². The molecule has 16 heavy (non-hydrogen) atoms. The van der Waals surface area contributed by atoms with Gasteiger partial charge in [0.25, 0.3) is 0 Å². The second-order valence-corrected chi connectivity index (χ2v) is 4.18. The zero-order chi connectivity index (χ0) is 11.8. The van der Waals surface area contributed by atoms with Crippen LogP contribution < -0.4 is 5.32 Å². The van der Waals surface area contributed by atoms with Crippen molar-refractivity contribution >= 4 is 17.6 Å². The van der Waals surface area contributed by atoms with Crippen molar-refractivity contribution in [3.63, 3.8) is 0 Å². The van der Waals surface area contributed by atoms with Crippen molar-refractivity contribution in [2.24, 2.45) is 0 Å². The molecule has 1 fully saturated rings. The maximum atomic E-state index is 11.0. The number of methoxy groups -OCH3 is 1. The van der Waals surface area contributed by atoms with Crippen LogP contribution in [0, 0.1) is 0 Å². The van der Waals surface area contributed by atoms with Gasteiger partial charge in [-0.05, 0) is 0 Å². The van der Waals surface area contributed by atoms with Crippen LogP contribution in [0.15, 0.2) is 0 Å². The molecule has 1 N–H and O–H groups in total. The van der Waals surface area contributed by atoms with Crippen molar-refractivity contribution in [1.82, 2.24) is 10.2 Å². The number of ether oxygens (including phenoxy) is 2. The molecule has 1 rings (SSSR count). The largest absolute Gasteiger partial charge is 0.468 e. The first-order valence-electron chi connectivity index (χ1n) is 5.46. The molecule has 1 saturated heterocycles. The molecule has 0 aromatic carbocycles. The summed E-state index contributed by atoms with van der Waals surface area (Å²) in [6.45, 7) is 5.78. The maximum absolute atomic E-state index is 11.0. The van der Waals surface area contributed by atoms with E-state index in [1.54, 1.807) is 0 Å². The third-order valence-corrected chi connectivity index (χ3v) is 2.82. The van der Waals surface area contributed by atoms with Gasteiger partial charge in [0.2, 0.25) is 0 Å². The summed E-state index contributed by atoms with van der Waals surface area (Å²) < 4.78 is 9.77.